The van der Waals surface area contributed by atoms with Crippen LogP contribution in [0.4, 0.5) is 0 Å². The molecule has 1 amide bonds. The molecular formula is C25H22N4O3. The molecule has 0 aliphatic carbocycles. The van der Waals surface area contributed by atoms with Crippen LogP contribution in [-0.2, 0) is 6.61 Å². The second-order valence-corrected chi connectivity index (χ2v) is 7.23. The molecule has 3 N–H and O–H groups in total. The molecule has 0 radical (unpaired) electrons. The van der Waals surface area contributed by atoms with E-state index < -0.39 is 5.91 Å². The van der Waals surface area contributed by atoms with E-state index in [9.17, 15) is 9.90 Å². The van der Waals surface area contributed by atoms with Crippen molar-refractivity contribution in [3.8, 4) is 22.8 Å². The van der Waals surface area contributed by atoms with E-state index in [1.165, 1.54) is 11.8 Å². The van der Waals surface area contributed by atoms with Gasteiger partial charge in [0, 0.05) is 5.56 Å². The number of phenols is 1. The number of para-hydroxylation sites is 1. The van der Waals surface area contributed by atoms with Gasteiger partial charge in [-0.05, 0) is 60.5 Å². The first-order valence-corrected chi connectivity index (χ1v) is 10.0. The number of rotatable bonds is 7. The monoisotopic (exact) mass is 426 g/mol. The third-order valence-corrected chi connectivity index (χ3v) is 4.77. The van der Waals surface area contributed by atoms with E-state index in [-0.39, 0.29) is 11.4 Å². The molecule has 0 saturated carbocycles. The lowest BCUT2D eigenvalue weighted by molar-refractivity contribution is 0.0950. The molecule has 0 aliphatic rings. The molecule has 7 heteroatoms. The molecular weight excluding hydrogens is 404 g/mol. The number of hydrogen-bond donors (Lipinski definition) is 3. The second-order valence-electron chi connectivity index (χ2n) is 7.23. The highest BCUT2D eigenvalue weighted by Crippen LogP contribution is 2.29. The van der Waals surface area contributed by atoms with E-state index in [4.69, 9.17) is 4.74 Å². The second kappa shape index (κ2) is 9.61. The van der Waals surface area contributed by atoms with Gasteiger partial charge >= 0.3 is 0 Å². The van der Waals surface area contributed by atoms with Crippen LogP contribution >= 0.6 is 0 Å². The third-order valence-electron chi connectivity index (χ3n) is 4.77. The number of nitrogens with one attached hydrogen (secondary N) is 2. The molecule has 32 heavy (non-hydrogen) atoms. The number of aromatic nitrogens is 2. The van der Waals surface area contributed by atoms with Crippen LogP contribution in [0.1, 0.15) is 27.2 Å². The predicted molar refractivity (Wildman–Crippen MR) is 123 cm³/mol. The Morgan fingerprint density at radius 2 is 1.84 bits per heavy atom. The first-order chi connectivity index (χ1) is 15.6. The summed E-state index contributed by atoms with van der Waals surface area (Å²) in [6.07, 6.45) is 1.49. The van der Waals surface area contributed by atoms with Gasteiger partial charge in [0.25, 0.3) is 5.91 Å². The van der Waals surface area contributed by atoms with Crippen molar-refractivity contribution in [2.24, 2.45) is 5.10 Å². The number of nitrogens with zero attached hydrogens (tertiary/aromatic N) is 2. The number of carbonyl (C=O) groups is 1. The minimum atomic E-state index is -0.420. The highest BCUT2D eigenvalue weighted by atomic mass is 16.5. The van der Waals surface area contributed by atoms with Gasteiger partial charge in [-0.15, -0.1) is 0 Å². The zero-order valence-electron chi connectivity index (χ0n) is 17.4. The lowest BCUT2D eigenvalue weighted by atomic mass is 10.1. The Morgan fingerprint density at radius 1 is 1.09 bits per heavy atom. The first kappa shape index (κ1) is 20.9. The summed E-state index contributed by atoms with van der Waals surface area (Å²) in [5.41, 5.74) is 7.12. The van der Waals surface area contributed by atoms with Crippen molar-refractivity contribution in [3.05, 3.63) is 101 Å². The lowest BCUT2D eigenvalue weighted by Gasteiger charge is -2.10. The van der Waals surface area contributed by atoms with Gasteiger partial charge in [0.2, 0.25) is 0 Å². The molecule has 0 bridgehead atoms. The van der Waals surface area contributed by atoms with Crippen molar-refractivity contribution in [1.82, 2.24) is 15.6 Å². The molecule has 7 nitrogen and oxygen atoms in total. The van der Waals surface area contributed by atoms with Gasteiger partial charge in [0.05, 0.1) is 11.9 Å². The average Bonchev–Trinajstić information content (AvgIpc) is 3.30. The molecule has 0 aliphatic heterocycles. The van der Waals surface area contributed by atoms with E-state index in [0.29, 0.717) is 18.1 Å². The number of aryl methyl sites for hydroxylation is 1. The number of aromatic amines is 1. The fourth-order valence-electron chi connectivity index (χ4n) is 3.01. The Bertz CT molecular complexity index is 1230. The summed E-state index contributed by atoms with van der Waals surface area (Å²) in [7, 11) is 0. The van der Waals surface area contributed by atoms with Crippen LogP contribution in [-0.4, -0.2) is 27.4 Å². The fourth-order valence-corrected chi connectivity index (χ4v) is 3.01. The van der Waals surface area contributed by atoms with Gasteiger partial charge in [-0.2, -0.15) is 10.2 Å². The summed E-state index contributed by atoms with van der Waals surface area (Å²) in [5.74, 6) is 0.424. The molecule has 1 aromatic heterocycles. The molecule has 160 valence electrons. The quantitative estimate of drug-likeness (QED) is 0.301. The largest absolute Gasteiger partial charge is 0.508 e. The van der Waals surface area contributed by atoms with Gasteiger partial charge in [-0.3, -0.25) is 9.89 Å². The van der Waals surface area contributed by atoms with Crippen molar-refractivity contribution >= 4 is 12.1 Å². The lowest BCUT2D eigenvalue weighted by Crippen LogP contribution is -2.17. The maximum Gasteiger partial charge on any atom is 0.289 e. The number of hydrazone groups is 1. The van der Waals surface area contributed by atoms with Gasteiger partial charge < -0.3 is 9.84 Å². The average molecular weight is 426 g/mol. The van der Waals surface area contributed by atoms with E-state index in [1.807, 2.05) is 55.5 Å². The summed E-state index contributed by atoms with van der Waals surface area (Å²) >= 11 is 0. The number of H-pyrrole nitrogens is 1. The molecule has 0 unspecified atom stereocenters. The van der Waals surface area contributed by atoms with Crippen molar-refractivity contribution in [1.29, 1.82) is 0 Å². The van der Waals surface area contributed by atoms with Crippen LogP contribution in [0.3, 0.4) is 0 Å². The first-order valence-electron chi connectivity index (χ1n) is 10.0. The van der Waals surface area contributed by atoms with E-state index in [0.717, 1.165) is 16.7 Å². The Balaban J connectivity index is 1.43. The fraction of sp³-hybridized carbons (Fsp3) is 0.0800. The van der Waals surface area contributed by atoms with Gasteiger partial charge in [-0.1, -0.05) is 42.0 Å². The highest BCUT2D eigenvalue weighted by molar-refractivity contribution is 5.94. The molecule has 1 heterocycles. The Hall–Kier alpha value is -4.39. The number of amides is 1. The molecule has 0 saturated heterocycles. The van der Waals surface area contributed by atoms with Crippen LogP contribution in [0.5, 0.6) is 11.5 Å². The SMILES string of the molecule is Cc1ccc(COc2ccccc2-c2cc(C(=O)N/N=C\c3ccc(O)cc3)[nH]n2)cc1. The summed E-state index contributed by atoms with van der Waals surface area (Å²) in [6.45, 7) is 2.48. The van der Waals surface area contributed by atoms with Crippen molar-refractivity contribution in [3.63, 3.8) is 0 Å². The summed E-state index contributed by atoms with van der Waals surface area (Å²) in [4.78, 5) is 12.4. The maximum absolute atomic E-state index is 12.4. The number of ether oxygens (including phenoxy) is 1. The van der Waals surface area contributed by atoms with Crippen LogP contribution < -0.4 is 10.2 Å². The minimum absolute atomic E-state index is 0.166. The van der Waals surface area contributed by atoms with Crippen molar-refractivity contribution < 1.29 is 14.6 Å². The number of carbonyl (C=O) groups excluding carboxylic acids is 1. The van der Waals surface area contributed by atoms with E-state index >= 15 is 0 Å². The molecule has 3 aromatic carbocycles. The van der Waals surface area contributed by atoms with Crippen LogP contribution in [0.25, 0.3) is 11.3 Å². The summed E-state index contributed by atoms with van der Waals surface area (Å²) in [6, 6.07) is 23.8. The zero-order chi connectivity index (χ0) is 22.3. The molecule has 4 rings (SSSR count). The van der Waals surface area contributed by atoms with E-state index in [2.05, 4.69) is 20.7 Å². The van der Waals surface area contributed by atoms with Gasteiger partial charge in [0.15, 0.2) is 0 Å². The highest BCUT2D eigenvalue weighted by Gasteiger charge is 2.13. The minimum Gasteiger partial charge on any atom is -0.508 e. The van der Waals surface area contributed by atoms with Crippen LogP contribution in [0, 0.1) is 6.92 Å². The van der Waals surface area contributed by atoms with Crippen molar-refractivity contribution in [2.45, 2.75) is 13.5 Å². The Kier molecular flexibility index (Phi) is 6.27. The number of aromatic hydroxyl groups is 1. The number of hydrogen-bond acceptors (Lipinski definition) is 5. The summed E-state index contributed by atoms with van der Waals surface area (Å²) < 4.78 is 6.01. The molecule has 0 atom stereocenters. The zero-order valence-corrected chi connectivity index (χ0v) is 17.4. The molecule has 0 fully saturated rings. The Labute approximate surface area is 185 Å². The van der Waals surface area contributed by atoms with Crippen LogP contribution in [0.2, 0.25) is 0 Å². The smallest absolute Gasteiger partial charge is 0.289 e. The predicted octanol–water partition coefficient (Wildman–Crippen LogP) is 4.43. The Morgan fingerprint density at radius 3 is 2.62 bits per heavy atom. The standard InChI is InChI=1S/C25H22N4O3/c1-17-6-8-19(9-7-17)16-32-24-5-3-2-4-21(24)22-14-23(28-27-22)25(31)29-26-15-18-10-12-20(30)13-11-18/h2-15,30H,16H2,1H3,(H,27,28)(H,29,31)/b26-15-. The normalized spacial score (nSPS) is 10.9. The van der Waals surface area contributed by atoms with Crippen molar-refractivity contribution in [2.75, 3.05) is 0 Å². The third kappa shape index (κ3) is 5.20. The van der Waals surface area contributed by atoms with Crippen LogP contribution in [0.15, 0.2) is 84.0 Å². The molecule has 0 spiro atoms. The summed E-state index contributed by atoms with van der Waals surface area (Å²) in [5, 5.41) is 20.2. The van der Waals surface area contributed by atoms with Gasteiger partial charge in [0.1, 0.15) is 23.8 Å². The number of phenolic OH excluding ortho intramolecular Hbond substituents is 1. The van der Waals surface area contributed by atoms with Gasteiger partial charge in [-0.25, -0.2) is 5.43 Å². The maximum atomic E-state index is 12.4. The molecule has 4 aromatic rings. The van der Waals surface area contributed by atoms with E-state index in [1.54, 1.807) is 30.3 Å². The number of benzene rings is 3. The topological polar surface area (TPSA) is 99.6 Å².